The minimum absolute atomic E-state index is 0.00438. The molecule has 2 rings (SSSR count). The van der Waals surface area contributed by atoms with Crippen molar-refractivity contribution < 1.29 is 18.0 Å². The molecule has 0 aliphatic carbocycles. The Labute approximate surface area is 222 Å². The van der Waals surface area contributed by atoms with Crippen LogP contribution >= 0.6 is 34.8 Å². The van der Waals surface area contributed by atoms with Gasteiger partial charge in [0, 0.05) is 28.2 Å². The molecule has 35 heavy (non-hydrogen) atoms. The summed E-state index contributed by atoms with van der Waals surface area (Å²) in [5, 5.41) is 3.96. The lowest BCUT2D eigenvalue weighted by Gasteiger charge is -2.33. The molecule has 1 N–H and O–H groups in total. The molecule has 0 fully saturated rings. The Hall–Kier alpha value is -2.00. The van der Waals surface area contributed by atoms with Gasteiger partial charge in [0.1, 0.15) is 12.6 Å². The van der Waals surface area contributed by atoms with Crippen LogP contribution in [-0.4, -0.2) is 50.5 Å². The second-order valence-electron chi connectivity index (χ2n) is 8.57. The van der Waals surface area contributed by atoms with Gasteiger partial charge in [-0.1, -0.05) is 67.7 Å². The highest BCUT2D eigenvalue weighted by Gasteiger charge is 2.32. The van der Waals surface area contributed by atoms with Crippen molar-refractivity contribution in [3.63, 3.8) is 0 Å². The van der Waals surface area contributed by atoms with Crippen LogP contribution < -0.4 is 9.62 Å². The smallest absolute Gasteiger partial charge is 0.244 e. The van der Waals surface area contributed by atoms with Crippen molar-refractivity contribution in [3.8, 4) is 0 Å². The molecule has 0 heterocycles. The number of hydrogen-bond donors (Lipinski definition) is 1. The lowest BCUT2D eigenvalue weighted by atomic mass is 10.1. The van der Waals surface area contributed by atoms with E-state index in [0.29, 0.717) is 33.6 Å². The lowest BCUT2D eigenvalue weighted by Crippen LogP contribution is -2.52. The van der Waals surface area contributed by atoms with Gasteiger partial charge in [0.05, 0.1) is 11.9 Å². The Balaban J connectivity index is 2.46. The van der Waals surface area contributed by atoms with Crippen LogP contribution in [0.5, 0.6) is 0 Å². The maximum Gasteiger partial charge on any atom is 0.244 e. The largest absolute Gasteiger partial charge is 0.354 e. The molecule has 0 saturated carbocycles. The van der Waals surface area contributed by atoms with Crippen molar-refractivity contribution in [2.24, 2.45) is 5.92 Å². The highest BCUT2D eigenvalue weighted by atomic mass is 35.5. The van der Waals surface area contributed by atoms with Crippen LogP contribution in [0.1, 0.15) is 32.8 Å². The zero-order chi connectivity index (χ0) is 26.3. The van der Waals surface area contributed by atoms with Crippen LogP contribution in [0.3, 0.4) is 0 Å². The molecule has 2 aromatic carbocycles. The maximum atomic E-state index is 13.6. The van der Waals surface area contributed by atoms with Crippen LogP contribution in [0.4, 0.5) is 5.69 Å². The maximum absolute atomic E-state index is 13.6. The first-order valence-electron chi connectivity index (χ1n) is 11.1. The summed E-state index contributed by atoms with van der Waals surface area (Å²) in [5.74, 6) is -0.670. The molecule has 1 atom stereocenters. The first-order valence-corrected chi connectivity index (χ1v) is 14.1. The van der Waals surface area contributed by atoms with Crippen LogP contribution in [0.25, 0.3) is 0 Å². The van der Waals surface area contributed by atoms with Gasteiger partial charge in [0.15, 0.2) is 0 Å². The summed E-state index contributed by atoms with van der Waals surface area (Å²) in [6.45, 7) is 5.64. The molecule has 11 heteroatoms. The van der Waals surface area contributed by atoms with E-state index in [1.54, 1.807) is 43.3 Å². The SMILES string of the molecule is CC[C@@H](C(=O)NCC(C)C)N(Cc1ccc(Cl)cc1Cl)C(=O)CN(c1cccc(Cl)c1)S(C)(=O)=O. The number of rotatable bonds is 11. The van der Waals surface area contributed by atoms with Gasteiger partial charge in [-0.05, 0) is 48.2 Å². The number of anilines is 1. The molecule has 7 nitrogen and oxygen atoms in total. The third-order valence-electron chi connectivity index (χ3n) is 5.20. The molecule has 0 radical (unpaired) electrons. The van der Waals surface area contributed by atoms with Gasteiger partial charge >= 0.3 is 0 Å². The lowest BCUT2D eigenvalue weighted by molar-refractivity contribution is -0.140. The van der Waals surface area contributed by atoms with Gasteiger partial charge in [-0.2, -0.15) is 0 Å². The van der Waals surface area contributed by atoms with Gasteiger partial charge in [-0.3, -0.25) is 13.9 Å². The van der Waals surface area contributed by atoms with Crippen LogP contribution in [0, 0.1) is 5.92 Å². The van der Waals surface area contributed by atoms with Crippen molar-refractivity contribution in [1.82, 2.24) is 10.2 Å². The van der Waals surface area contributed by atoms with Crippen molar-refractivity contribution in [3.05, 3.63) is 63.1 Å². The minimum Gasteiger partial charge on any atom is -0.354 e. The van der Waals surface area contributed by atoms with Crippen LogP contribution in [0.15, 0.2) is 42.5 Å². The molecule has 0 saturated heterocycles. The number of carbonyl (C=O) groups excluding carboxylic acids is 2. The first kappa shape index (κ1) is 29.2. The van der Waals surface area contributed by atoms with Gasteiger partial charge in [0.25, 0.3) is 0 Å². The molecule has 0 aliphatic heterocycles. The molecular weight excluding hydrogens is 533 g/mol. The third-order valence-corrected chi connectivity index (χ3v) is 7.16. The number of amides is 2. The Morgan fingerprint density at radius 3 is 2.23 bits per heavy atom. The van der Waals surface area contributed by atoms with Gasteiger partial charge < -0.3 is 10.2 Å². The summed E-state index contributed by atoms with van der Waals surface area (Å²) in [6, 6.07) is 10.2. The van der Waals surface area contributed by atoms with Crippen molar-refractivity contribution in [2.75, 3.05) is 23.7 Å². The standard InChI is InChI=1S/C24H30Cl3N3O4S/c1-5-22(24(32)28-13-16(2)3)29(14-17-9-10-19(26)12-21(17)27)23(31)15-30(35(4,33)34)20-8-6-7-18(25)11-20/h6-12,16,22H,5,13-15H2,1-4H3,(H,28,32)/t22-/m0/s1. The average Bonchev–Trinajstić information content (AvgIpc) is 2.76. The Morgan fingerprint density at radius 2 is 1.69 bits per heavy atom. The number of nitrogens with one attached hydrogen (secondary N) is 1. The highest BCUT2D eigenvalue weighted by molar-refractivity contribution is 7.92. The zero-order valence-electron chi connectivity index (χ0n) is 20.1. The van der Waals surface area contributed by atoms with E-state index < -0.39 is 28.5 Å². The Morgan fingerprint density at radius 1 is 1.03 bits per heavy atom. The fourth-order valence-corrected chi connectivity index (χ4v) is 4.91. The Kier molecular flexibility index (Phi) is 10.7. The van der Waals surface area contributed by atoms with E-state index in [2.05, 4.69) is 5.32 Å². The first-order chi connectivity index (χ1) is 16.3. The summed E-state index contributed by atoms with van der Waals surface area (Å²) >= 11 is 18.4. The predicted octanol–water partition coefficient (Wildman–Crippen LogP) is 4.99. The Bertz CT molecular complexity index is 1160. The normalized spacial score (nSPS) is 12.3. The van der Waals surface area contributed by atoms with E-state index in [4.69, 9.17) is 34.8 Å². The summed E-state index contributed by atoms with van der Waals surface area (Å²) in [4.78, 5) is 28.0. The molecule has 0 spiro atoms. The number of sulfonamides is 1. The van der Waals surface area contributed by atoms with Crippen LogP contribution in [-0.2, 0) is 26.2 Å². The third kappa shape index (κ3) is 8.56. The molecule has 2 amide bonds. The van der Waals surface area contributed by atoms with E-state index in [1.165, 1.54) is 11.0 Å². The van der Waals surface area contributed by atoms with Crippen molar-refractivity contribution >= 4 is 62.3 Å². The van der Waals surface area contributed by atoms with E-state index in [9.17, 15) is 18.0 Å². The molecule has 0 bridgehead atoms. The fraction of sp³-hybridized carbons (Fsp3) is 0.417. The fourth-order valence-electron chi connectivity index (χ4n) is 3.42. The number of benzene rings is 2. The topological polar surface area (TPSA) is 86.8 Å². The van der Waals surface area contributed by atoms with Gasteiger partial charge in [-0.15, -0.1) is 0 Å². The van der Waals surface area contributed by atoms with E-state index in [0.717, 1.165) is 10.6 Å². The monoisotopic (exact) mass is 561 g/mol. The molecule has 2 aromatic rings. The molecule has 0 aliphatic rings. The van der Waals surface area contributed by atoms with Gasteiger partial charge in [0.2, 0.25) is 21.8 Å². The average molecular weight is 563 g/mol. The molecule has 0 unspecified atom stereocenters. The second-order valence-corrected chi connectivity index (χ2v) is 11.8. The molecule has 192 valence electrons. The highest BCUT2D eigenvalue weighted by Crippen LogP contribution is 2.25. The predicted molar refractivity (Wildman–Crippen MR) is 143 cm³/mol. The number of hydrogen-bond acceptors (Lipinski definition) is 4. The molecular formula is C24H30Cl3N3O4S. The van der Waals surface area contributed by atoms with E-state index in [-0.39, 0.29) is 24.1 Å². The van der Waals surface area contributed by atoms with Gasteiger partial charge in [-0.25, -0.2) is 8.42 Å². The van der Waals surface area contributed by atoms with Crippen LogP contribution in [0.2, 0.25) is 15.1 Å². The summed E-state index contributed by atoms with van der Waals surface area (Å²) in [5.41, 5.74) is 0.823. The zero-order valence-corrected chi connectivity index (χ0v) is 23.2. The second kappa shape index (κ2) is 12.8. The number of halogens is 3. The summed E-state index contributed by atoms with van der Waals surface area (Å²) < 4.78 is 26.2. The van der Waals surface area contributed by atoms with Crippen molar-refractivity contribution in [2.45, 2.75) is 39.8 Å². The summed E-state index contributed by atoms with van der Waals surface area (Å²) in [7, 11) is -3.84. The quantitative estimate of drug-likeness (QED) is 0.418. The number of carbonyl (C=O) groups is 2. The molecule has 0 aromatic heterocycles. The van der Waals surface area contributed by atoms with E-state index >= 15 is 0 Å². The van der Waals surface area contributed by atoms with Crippen molar-refractivity contribution in [1.29, 1.82) is 0 Å². The van der Waals surface area contributed by atoms with E-state index in [1.807, 2.05) is 13.8 Å². The number of nitrogens with zero attached hydrogens (tertiary/aromatic N) is 2. The summed E-state index contributed by atoms with van der Waals surface area (Å²) in [6.07, 6.45) is 1.32. The minimum atomic E-state index is -3.84.